The topological polar surface area (TPSA) is 96.1 Å². The fourth-order valence-electron chi connectivity index (χ4n) is 2.33. The first-order chi connectivity index (χ1) is 13.0. The summed E-state index contributed by atoms with van der Waals surface area (Å²) < 4.78 is 18.6. The van der Waals surface area contributed by atoms with Gasteiger partial charge in [0.25, 0.3) is 11.8 Å². The number of H-pyrrole nitrogens is 1. The summed E-state index contributed by atoms with van der Waals surface area (Å²) in [5, 5.41) is 6.69. The van der Waals surface area contributed by atoms with Crippen molar-refractivity contribution < 1.29 is 18.7 Å². The van der Waals surface area contributed by atoms with Crippen LogP contribution in [0.5, 0.6) is 5.75 Å². The number of carbonyl (C=O) groups is 2. The number of hydrazine groups is 1. The predicted octanol–water partition coefficient (Wildman–Crippen LogP) is 2.61. The number of aromatic nitrogens is 2. The van der Waals surface area contributed by atoms with Crippen molar-refractivity contribution in [1.82, 2.24) is 21.0 Å². The summed E-state index contributed by atoms with van der Waals surface area (Å²) >= 11 is 0. The molecule has 0 atom stereocenters. The van der Waals surface area contributed by atoms with Crippen molar-refractivity contribution in [3.63, 3.8) is 0 Å². The Morgan fingerprint density at radius 3 is 2.41 bits per heavy atom. The van der Waals surface area contributed by atoms with Crippen LogP contribution in [0.2, 0.25) is 0 Å². The van der Waals surface area contributed by atoms with Crippen LogP contribution < -0.4 is 15.6 Å². The van der Waals surface area contributed by atoms with E-state index in [1.54, 1.807) is 32.2 Å². The van der Waals surface area contributed by atoms with Crippen LogP contribution in [-0.2, 0) is 0 Å². The van der Waals surface area contributed by atoms with Crippen molar-refractivity contribution in [3.05, 3.63) is 71.2 Å². The minimum absolute atomic E-state index is 0.0990. The fourth-order valence-corrected chi connectivity index (χ4v) is 2.33. The van der Waals surface area contributed by atoms with E-state index in [2.05, 4.69) is 21.0 Å². The zero-order valence-electron chi connectivity index (χ0n) is 14.7. The molecule has 8 heteroatoms. The lowest BCUT2D eigenvalue weighted by molar-refractivity contribution is 0.0843. The number of methoxy groups -OCH3 is 1. The molecule has 2 aromatic carbocycles. The molecular formula is C19H17FN4O3. The summed E-state index contributed by atoms with van der Waals surface area (Å²) in [6.07, 6.45) is 0. The third kappa shape index (κ3) is 4.12. The summed E-state index contributed by atoms with van der Waals surface area (Å²) in [6, 6.07) is 12.8. The number of nitrogens with one attached hydrogen (secondary N) is 3. The summed E-state index contributed by atoms with van der Waals surface area (Å²) in [5.74, 6) is -0.991. The molecule has 3 N–H and O–H groups in total. The van der Waals surface area contributed by atoms with Gasteiger partial charge in [0.05, 0.1) is 12.8 Å². The standard InChI is InChI=1S/C19H17FN4O3/c1-11-3-4-13(9-15(11)20)18(25)23-24-19(26)17-10-16(21-22-17)12-5-7-14(27-2)8-6-12/h3-10H,1-2H3,(H,21,22)(H,23,25)(H,24,26). The Balaban J connectivity index is 1.63. The maximum absolute atomic E-state index is 13.5. The Hall–Kier alpha value is -3.68. The molecule has 0 unspecified atom stereocenters. The van der Waals surface area contributed by atoms with Crippen LogP contribution in [0, 0.1) is 12.7 Å². The largest absolute Gasteiger partial charge is 0.497 e. The zero-order chi connectivity index (χ0) is 19.4. The summed E-state index contributed by atoms with van der Waals surface area (Å²) in [5.41, 5.74) is 6.55. The Labute approximate surface area is 154 Å². The molecule has 0 aliphatic rings. The molecule has 0 bridgehead atoms. The highest BCUT2D eigenvalue weighted by molar-refractivity contribution is 5.98. The van der Waals surface area contributed by atoms with Gasteiger partial charge in [-0.1, -0.05) is 6.07 Å². The molecule has 1 aromatic heterocycles. The van der Waals surface area contributed by atoms with Crippen molar-refractivity contribution in [3.8, 4) is 17.0 Å². The number of hydrogen-bond acceptors (Lipinski definition) is 4. The lowest BCUT2D eigenvalue weighted by atomic mass is 10.1. The van der Waals surface area contributed by atoms with Crippen LogP contribution in [0.4, 0.5) is 4.39 Å². The van der Waals surface area contributed by atoms with Crippen molar-refractivity contribution >= 4 is 11.8 Å². The van der Waals surface area contributed by atoms with Gasteiger partial charge in [-0.2, -0.15) is 5.10 Å². The summed E-state index contributed by atoms with van der Waals surface area (Å²) in [7, 11) is 1.57. The Morgan fingerprint density at radius 2 is 1.74 bits per heavy atom. The third-order valence-corrected chi connectivity index (χ3v) is 3.93. The van der Waals surface area contributed by atoms with Crippen LogP contribution in [0.25, 0.3) is 11.3 Å². The smallest absolute Gasteiger partial charge is 0.287 e. The maximum atomic E-state index is 13.5. The Bertz CT molecular complexity index is 983. The molecule has 0 saturated heterocycles. The molecular weight excluding hydrogens is 351 g/mol. The maximum Gasteiger partial charge on any atom is 0.287 e. The van der Waals surface area contributed by atoms with Crippen LogP contribution in [0.3, 0.4) is 0 Å². The lowest BCUT2D eigenvalue weighted by Gasteiger charge is -2.07. The molecule has 0 aliphatic carbocycles. The Morgan fingerprint density at radius 1 is 1.04 bits per heavy atom. The van der Waals surface area contributed by atoms with E-state index in [1.807, 2.05) is 12.1 Å². The number of hydrogen-bond donors (Lipinski definition) is 3. The van der Waals surface area contributed by atoms with Crippen molar-refractivity contribution in [2.24, 2.45) is 0 Å². The van der Waals surface area contributed by atoms with Crippen LogP contribution >= 0.6 is 0 Å². The van der Waals surface area contributed by atoms with E-state index in [0.29, 0.717) is 17.0 Å². The average molecular weight is 368 g/mol. The predicted molar refractivity (Wildman–Crippen MR) is 96.6 cm³/mol. The number of aromatic amines is 1. The number of rotatable bonds is 4. The van der Waals surface area contributed by atoms with Crippen molar-refractivity contribution in [2.75, 3.05) is 7.11 Å². The molecule has 1 heterocycles. The molecule has 0 radical (unpaired) electrons. The van der Waals surface area contributed by atoms with Crippen LogP contribution in [0.1, 0.15) is 26.4 Å². The molecule has 2 amide bonds. The molecule has 0 spiro atoms. The lowest BCUT2D eigenvalue weighted by Crippen LogP contribution is -2.41. The van der Waals surface area contributed by atoms with E-state index >= 15 is 0 Å². The molecule has 27 heavy (non-hydrogen) atoms. The molecule has 3 aromatic rings. The van der Waals surface area contributed by atoms with E-state index in [0.717, 1.165) is 11.6 Å². The number of amides is 2. The van der Waals surface area contributed by atoms with E-state index < -0.39 is 17.6 Å². The average Bonchev–Trinajstić information content (AvgIpc) is 3.18. The minimum atomic E-state index is -0.628. The van der Waals surface area contributed by atoms with Crippen molar-refractivity contribution in [2.45, 2.75) is 6.92 Å². The van der Waals surface area contributed by atoms with E-state index in [-0.39, 0.29) is 11.3 Å². The number of benzene rings is 2. The highest BCUT2D eigenvalue weighted by Gasteiger charge is 2.13. The van der Waals surface area contributed by atoms with Gasteiger partial charge in [-0.15, -0.1) is 0 Å². The molecule has 3 rings (SSSR count). The monoisotopic (exact) mass is 368 g/mol. The number of nitrogens with zero attached hydrogens (tertiary/aromatic N) is 1. The zero-order valence-corrected chi connectivity index (χ0v) is 14.7. The van der Waals surface area contributed by atoms with E-state index in [4.69, 9.17) is 4.74 Å². The van der Waals surface area contributed by atoms with Gasteiger partial charge < -0.3 is 4.74 Å². The third-order valence-electron chi connectivity index (χ3n) is 3.93. The highest BCUT2D eigenvalue weighted by atomic mass is 19.1. The number of ether oxygens (including phenoxy) is 1. The van der Waals surface area contributed by atoms with Gasteiger partial charge in [-0.25, -0.2) is 4.39 Å². The highest BCUT2D eigenvalue weighted by Crippen LogP contribution is 2.21. The number of aryl methyl sites for hydroxylation is 1. The molecule has 0 fully saturated rings. The first-order valence-electron chi connectivity index (χ1n) is 8.04. The second kappa shape index (κ2) is 7.69. The van der Waals surface area contributed by atoms with Gasteiger partial charge in [-0.05, 0) is 55.0 Å². The van der Waals surface area contributed by atoms with E-state index in [9.17, 15) is 14.0 Å². The SMILES string of the molecule is COc1ccc(-c2cc(C(=O)NNC(=O)c3ccc(C)c(F)c3)[nH]n2)cc1. The van der Waals surface area contributed by atoms with E-state index in [1.165, 1.54) is 12.1 Å². The fraction of sp³-hybridized carbons (Fsp3) is 0.105. The van der Waals surface area contributed by atoms with Gasteiger partial charge in [0.1, 0.15) is 17.3 Å². The molecule has 0 aliphatic heterocycles. The first kappa shape index (κ1) is 18.1. The van der Waals surface area contributed by atoms with Gasteiger partial charge in [0, 0.05) is 11.1 Å². The second-order valence-electron chi connectivity index (χ2n) is 5.77. The van der Waals surface area contributed by atoms with Gasteiger partial charge >= 0.3 is 0 Å². The molecule has 7 nitrogen and oxygen atoms in total. The normalized spacial score (nSPS) is 10.3. The summed E-state index contributed by atoms with van der Waals surface area (Å²) in [6.45, 7) is 1.59. The Kier molecular flexibility index (Phi) is 5.16. The van der Waals surface area contributed by atoms with Gasteiger partial charge in [0.15, 0.2) is 0 Å². The van der Waals surface area contributed by atoms with Crippen molar-refractivity contribution in [1.29, 1.82) is 0 Å². The first-order valence-corrected chi connectivity index (χ1v) is 8.04. The van der Waals surface area contributed by atoms with Crippen LogP contribution in [-0.4, -0.2) is 29.1 Å². The van der Waals surface area contributed by atoms with Gasteiger partial charge in [-0.3, -0.25) is 25.5 Å². The quantitative estimate of drug-likeness (QED) is 0.617. The molecule has 138 valence electrons. The minimum Gasteiger partial charge on any atom is -0.497 e. The number of carbonyl (C=O) groups excluding carboxylic acids is 2. The van der Waals surface area contributed by atoms with Crippen LogP contribution in [0.15, 0.2) is 48.5 Å². The summed E-state index contributed by atoms with van der Waals surface area (Å²) in [4.78, 5) is 24.2. The second-order valence-corrected chi connectivity index (χ2v) is 5.77. The number of halogens is 1. The molecule has 0 saturated carbocycles. The van der Waals surface area contributed by atoms with Gasteiger partial charge in [0.2, 0.25) is 0 Å².